The third kappa shape index (κ3) is 5.70. The number of para-hydroxylation sites is 2. The Hall–Kier alpha value is -2.67. The molecule has 0 saturated heterocycles. The molecule has 0 bridgehead atoms. The molecular weight excluding hydrogens is 354 g/mol. The van der Waals surface area contributed by atoms with E-state index in [1.807, 2.05) is 30.5 Å². The molecule has 138 valence electrons. The summed E-state index contributed by atoms with van der Waals surface area (Å²) >= 11 is 1.59. The predicted molar refractivity (Wildman–Crippen MR) is 99.8 cm³/mol. The molecule has 0 saturated carbocycles. The second-order valence-corrected chi connectivity index (χ2v) is 6.31. The number of rotatable bonds is 9. The van der Waals surface area contributed by atoms with Gasteiger partial charge in [-0.1, -0.05) is 24.3 Å². The number of thioether (sulfide) groups is 1. The Bertz CT molecular complexity index is 748. The lowest BCUT2D eigenvalue weighted by Gasteiger charge is -2.18. The molecule has 1 amide bonds. The highest BCUT2D eigenvalue weighted by molar-refractivity contribution is 7.98. The van der Waals surface area contributed by atoms with Gasteiger partial charge in [0.2, 0.25) is 0 Å². The van der Waals surface area contributed by atoms with E-state index in [1.54, 1.807) is 36.0 Å². The maximum atomic E-state index is 12.2. The van der Waals surface area contributed by atoms with Gasteiger partial charge in [0.15, 0.2) is 18.1 Å². The van der Waals surface area contributed by atoms with Crippen LogP contribution in [0.4, 0.5) is 0 Å². The fraction of sp³-hybridized carbons (Fsp3) is 0.263. The number of hydrogen-bond acceptors (Lipinski definition) is 5. The topological polar surface area (TPSA) is 84.9 Å². The Morgan fingerprint density at radius 2 is 1.77 bits per heavy atom. The number of nitrogens with one attached hydrogen (secondary N) is 1. The monoisotopic (exact) mass is 375 g/mol. The van der Waals surface area contributed by atoms with Gasteiger partial charge in [0, 0.05) is 4.90 Å². The van der Waals surface area contributed by atoms with Crippen LogP contribution in [-0.4, -0.2) is 37.0 Å². The molecular formula is C19H21NO5S. The van der Waals surface area contributed by atoms with E-state index in [4.69, 9.17) is 14.6 Å². The minimum absolute atomic E-state index is 0.209. The molecule has 0 radical (unpaired) electrons. The van der Waals surface area contributed by atoms with E-state index in [9.17, 15) is 9.59 Å². The maximum absolute atomic E-state index is 12.2. The van der Waals surface area contributed by atoms with Crippen LogP contribution in [0.5, 0.6) is 11.5 Å². The Morgan fingerprint density at radius 1 is 1.12 bits per heavy atom. The lowest BCUT2D eigenvalue weighted by molar-refractivity contribution is -0.137. The van der Waals surface area contributed by atoms with Gasteiger partial charge < -0.3 is 19.9 Å². The third-order valence-electron chi connectivity index (χ3n) is 3.66. The molecule has 0 aliphatic carbocycles. The summed E-state index contributed by atoms with van der Waals surface area (Å²) in [6.07, 6.45) is 1.75. The number of carbonyl (C=O) groups is 2. The first-order valence-electron chi connectivity index (χ1n) is 7.94. The highest BCUT2D eigenvalue weighted by Gasteiger charge is 2.18. The van der Waals surface area contributed by atoms with E-state index in [-0.39, 0.29) is 13.0 Å². The Kier molecular flexibility index (Phi) is 7.35. The van der Waals surface area contributed by atoms with E-state index in [0.717, 1.165) is 10.5 Å². The second-order valence-electron chi connectivity index (χ2n) is 5.43. The molecule has 6 nitrogen and oxygen atoms in total. The van der Waals surface area contributed by atoms with Gasteiger partial charge in [-0.2, -0.15) is 0 Å². The smallest absolute Gasteiger partial charge is 0.305 e. The Balaban J connectivity index is 2.02. The Labute approximate surface area is 156 Å². The number of amides is 1. The van der Waals surface area contributed by atoms with E-state index in [0.29, 0.717) is 11.5 Å². The van der Waals surface area contributed by atoms with E-state index in [2.05, 4.69) is 5.32 Å². The van der Waals surface area contributed by atoms with Crippen LogP contribution in [0, 0.1) is 0 Å². The summed E-state index contributed by atoms with van der Waals surface area (Å²) in [5.74, 6) is -0.426. The first kappa shape index (κ1) is 19.7. The lowest BCUT2D eigenvalue weighted by atomic mass is 10.0. The molecule has 7 heteroatoms. The summed E-state index contributed by atoms with van der Waals surface area (Å²) in [5.41, 5.74) is 0.732. The van der Waals surface area contributed by atoms with Gasteiger partial charge in [-0.05, 0) is 36.1 Å². The number of carboxylic acid groups (broad SMARTS) is 1. The van der Waals surface area contributed by atoms with E-state index in [1.165, 1.54) is 7.11 Å². The number of benzene rings is 2. The first-order valence-corrected chi connectivity index (χ1v) is 9.17. The summed E-state index contributed by atoms with van der Waals surface area (Å²) in [6.45, 7) is -0.237. The number of ether oxygens (including phenoxy) is 2. The molecule has 0 aromatic heterocycles. The average molecular weight is 375 g/mol. The summed E-state index contributed by atoms with van der Waals surface area (Å²) in [4.78, 5) is 24.4. The molecule has 0 aliphatic heterocycles. The standard InChI is InChI=1S/C19H21NO5S/c1-24-16-5-3-4-6-17(16)25-12-18(21)20-15(11-19(22)23)13-7-9-14(26-2)10-8-13/h3-10,15H,11-12H2,1-2H3,(H,20,21)(H,22,23). The van der Waals surface area contributed by atoms with Crippen molar-refractivity contribution in [3.05, 3.63) is 54.1 Å². The third-order valence-corrected chi connectivity index (χ3v) is 4.40. The van der Waals surface area contributed by atoms with Crippen LogP contribution in [0.15, 0.2) is 53.4 Å². The molecule has 0 heterocycles. The fourth-order valence-corrected chi connectivity index (χ4v) is 2.79. The second kappa shape index (κ2) is 9.72. The van der Waals surface area contributed by atoms with Crippen LogP contribution in [0.2, 0.25) is 0 Å². The van der Waals surface area contributed by atoms with Crippen molar-refractivity contribution in [2.24, 2.45) is 0 Å². The van der Waals surface area contributed by atoms with Crippen LogP contribution in [0.3, 0.4) is 0 Å². The summed E-state index contributed by atoms with van der Waals surface area (Å²) in [5, 5.41) is 11.8. The van der Waals surface area contributed by atoms with Crippen LogP contribution in [0.25, 0.3) is 0 Å². The summed E-state index contributed by atoms with van der Waals surface area (Å²) in [7, 11) is 1.52. The largest absolute Gasteiger partial charge is 0.493 e. The molecule has 1 unspecified atom stereocenters. The number of methoxy groups -OCH3 is 1. The number of carboxylic acids is 1. The van der Waals surface area contributed by atoms with Gasteiger partial charge in [0.05, 0.1) is 19.6 Å². The lowest BCUT2D eigenvalue weighted by Crippen LogP contribution is -2.33. The molecule has 0 fully saturated rings. The van der Waals surface area contributed by atoms with Gasteiger partial charge in [0.1, 0.15) is 0 Å². The van der Waals surface area contributed by atoms with Crippen LogP contribution < -0.4 is 14.8 Å². The fourth-order valence-electron chi connectivity index (χ4n) is 2.38. The zero-order chi connectivity index (χ0) is 18.9. The van der Waals surface area contributed by atoms with Crippen molar-refractivity contribution >= 4 is 23.6 Å². The molecule has 0 spiro atoms. The van der Waals surface area contributed by atoms with E-state index >= 15 is 0 Å². The zero-order valence-corrected chi connectivity index (χ0v) is 15.4. The van der Waals surface area contributed by atoms with Crippen molar-refractivity contribution in [2.75, 3.05) is 20.0 Å². The maximum Gasteiger partial charge on any atom is 0.305 e. The van der Waals surface area contributed by atoms with Crippen LogP contribution >= 0.6 is 11.8 Å². The van der Waals surface area contributed by atoms with E-state index < -0.39 is 17.9 Å². The van der Waals surface area contributed by atoms with Gasteiger partial charge in [-0.3, -0.25) is 9.59 Å². The zero-order valence-electron chi connectivity index (χ0n) is 14.6. The van der Waals surface area contributed by atoms with Crippen LogP contribution in [0.1, 0.15) is 18.0 Å². The molecule has 2 N–H and O–H groups in total. The summed E-state index contributed by atoms with van der Waals surface area (Å²) < 4.78 is 10.6. The Morgan fingerprint density at radius 3 is 2.35 bits per heavy atom. The summed E-state index contributed by atoms with van der Waals surface area (Å²) in [6, 6.07) is 13.8. The average Bonchev–Trinajstić information content (AvgIpc) is 2.65. The minimum atomic E-state index is -0.991. The molecule has 1 atom stereocenters. The molecule has 26 heavy (non-hydrogen) atoms. The minimum Gasteiger partial charge on any atom is -0.493 e. The van der Waals surface area contributed by atoms with Crippen LogP contribution in [-0.2, 0) is 9.59 Å². The molecule has 2 aromatic rings. The van der Waals surface area contributed by atoms with Crippen molar-refractivity contribution in [1.29, 1.82) is 0 Å². The van der Waals surface area contributed by atoms with Crippen molar-refractivity contribution in [3.8, 4) is 11.5 Å². The first-order chi connectivity index (χ1) is 12.5. The van der Waals surface area contributed by atoms with Gasteiger partial charge in [0.25, 0.3) is 5.91 Å². The molecule has 2 rings (SSSR count). The highest BCUT2D eigenvalue weighted by Crippen LogP contribution is 2.26. The predicted octanol–water partition coefficient (Wildman–Crippen LogP) is 3.13. The van der Waals surface area contributed by atoms with Crippen molar-refractivity contribution < 1.29 is 24.2 Å². The van der Waals surface area contributed by atoms with Crippen molar-refractivity contribution in [1.82, 2.24) is 5.32 Å². The quantitative estimate of drug-likeness (QED) is 0.655. The number of hydrogen-bond donors (Lipinski definition) is 2. The van der Waals surface area contributed by atoms with Gasteiger partial charge in [-0.15, -0.1) is 11.8 Å². The molecule has 0 aliphatic rings. The van der Waals surface area contributed by atoms with Gasteiger partial charge in [-0.25, -0.2) is 0 Å². The number of aliphatic carboxylic acids is 1. The van der Waals surface area contributed by atoms with Crippen molar-refractivity contribution in [2.45, 2.75) is 17.4 Å². The molecule has 2 aromatic carbocycles. The van der Waals surface area contributed by atoms with Gasteiger partial charge >= 0.3 is 5.97 Å². The van der Waals surface area contributed by atoms with Crippen molar-refractivity contribution in [3.63, 3.8) is 0 Å². The normalized spacial score (nSPS) is 11.5. The number of carbonyl (C=O) groups excluding carboxylic acids is 1. The SMILES string of the molecule is COc1ccccc1OCC(=O)NC(CC(=O)O)c1ccc(SC)cc1. The highest BCUT2D eigenvalue weighted by atomic mass is 32.2.